The third-order valence-electron chi connectivity index (χ3n) is 4.09. The highest BCUT2D eigenvalue weighted by Gasteiger charge is 2.51. The van der Waals surface area contributed by atoms with Gasteiger partial charge in [0.15, 0.2) is 0 Å². The molecule has 4 fully saturated rings. The molecule has 11 heavy (non-hydrogen) atoms. The van der Waals surface area contributed by atoms with Crippen LogP contribution >= 0.6 is 0 Å². The molecule has 0 spiro atoms. The summed E-state index contributed by atoms with van der Waals surface area (Å²) in [5.74, 6) is 2.82. The van der Waals surface area contributed by atoms with E-state index in [4.69, 9.17) is 5.73 Å². The zero-order chi connectivity index (χ0) is 7.42. The van der Waals surface area contributed by atoms with E-state index < -0.39 is 0 Å². The third kappa shape index (κ3) is 0.695. The van der Waals surface area contributed by atoms with Gasteiger partial charge in [-0.15, -0.1) is 0 Å². The van der Waals surface area contributed by atoms with E-state index in [0.717, 1.165) is 30.3 Å². The lowest BCUT2D eigenvalue weighted by Crippen LogP contribution is -2.39. The van der Waals surface area contributed by atoms with Crippen molar-refractivity contribution in [3.63, 3.8) is 0 Å². The largest absolute Gasteiger partial charge is 0.330 e. The number of rotatable bonds is 1. The van der Waals surface area contributed by atoms with Gasteiger partial charge >= 0.3 is 0 Å². The van der Waals surface area contributed by atoms with Gasteiger partial charge in [0.05, 0.1) is 0 Å². The average molecular weight is 152 g/mol. The van der Waals surface area contributed by atoms with E-state index in [1.807, 2.05) is 0 Å². The normalized spacial score (nSPS) is 59.2. The topological polar surface area (TPSA) is 29.3 Å². The number of nitrogens with zero attached hydrogens (tertiary/aromatic N) is 1. The molecular formula is C9H16N2. The second kappa shape index (κ2) is 1.99. The Morgan fingerprint density at radius 3 is 2.27 bits per heavy atom. The first-order valence-electron chi connectivity index (χ1n) is 4.82. The maximum atomic E-state index is 5.78. The van der Waals surface area contributed by atoms with Crippen molar-refractivity contribution < 1.29 is 0 Å². The summed E-state index contributed by atoms with van der Waals surface area (Å²) in [5, 5.41) is 0. The summed E-state index contributed by atoms with van der Waals surface area (Å²) < 4.78 is 0. The summed E-state index contributed by atoms with van der Waals surface area (Å²) in [6, 6.07) is 0.966. The lowest BCUT2D eigenvalue weighted by molar-refractivity contribution is 0.169. The van der Waals surface area contributed by atoms with E-state index in [1.165, 1.54) is 25.9 Å². The summed E-state index contributed by atoms with van der Waals surface area (Å²) in [6.07, 6.45) is 2.91. The Morgan fingerprint density at radius 2 is 1.82 bits per heavy atom. The van der Waals surface area contributed by atoms with E-state index in [2.05, 4.69) is 4.90 Å². The third-order valence-corrected chi connectivity index (χ3v) is 4.09. The molecule has 4 bridgehead atoms. The van der Waals surface area contributed by atoms with Gasteiger partial charge in [-0.2, -0.15) is 0 Å². The SMILES string of the molecule is NCC1C2CC3CC1CN3C2. The van der Waals surface area contributed by atoms with Gasteiger partial charge in [-0.05, 0) is 37.1 Å². The van der Waals surface area contributed by atoms with Crippen LogP contribution in [-0.2, 0) is 0 Å². The molecule has 3 heterocycles. The molecule has 2 unspecified atom stereocenters. The number of piperidine rings is 1. The highest BCUT2D eigenvalue weighted by atomic mass is 15.2. The van der Waals surface area contributed by atoms with Gasteiger partial charge in [0, 0.05) is 19.1 Å². The standard InChI is InChI=1S/C9H16N2/c10-3-9-6-1-8-2-7(9)5-11(8)4-6/h6-9H,1-5,10H2. The summed E-state index contributed by atoms with van der Waals surface area (Å²) in [7, 11) is 0. The fourth-order valence-corrected chi connectivity index (χ4v) is 3.61. The summed E-state index contributed by atoms with van der Waals surface area (Å²) >= 11 is 0. The second-order valence-electron chi connectivity index (χ2n) is 4.50. The molecule has 4 rings (SSSR count). The lowest BCUT2D eigenvalue weighted by Gasteiger charge is -2.34. The number of hydrogen-bond acceptors (Lipinski definition) is 2. The van der Waals surface area contributed by atoms with Crippen LogP contribution in [0.5, 0.6) is 0 Å². The minimum absolute atomic E-state index is 0.880. The zero-order valence-corrected chi connectivity index (χ0v) is 6.87. The maximum Gasteiger partial charge on any atom is 0.0102 e. The quantitative estimate of drug-likeness (QED) is 0.585. The fraction of sp³-hybridized carbons (Fsp3) is 1.00. The van der Waals surface area contributed by atoms with Crippen molar-refractivity contribution in [2.75, 3.05) is 19.6 Å². The predicted octanol–water partition coefficient (Wildman–Crippen LogP) is 0.285. The van der Waals surface area contributed by atoms with Gasteiger partial charge in [0.25, 0.3) is 0 Å². The molecule has 2 atom stereocenters. The molecule has 0 aromatic carbocycles. The van der Waals surface area contributed by atoms with Gasteiger partial charge < -0.3 is 5.73 Å². The molecule has 2 nitrogen and oxygen atoms in total. The monoisotopic (exact) mass is 152 g/mol. The van der Waals surface area contributed by atoms with Crippen LogP contribution in [0.2, 0.25) is 0 Å². The summed E-state index contributed by atoms with van der Waals surface area (Å²) in [4.78, 5) is 2.68. The molecule has 4 aliphatic rings. The molecule has 0 amide bonds. The van der Waals surface area contributed by atoms with E-state index in [1.54, 1.807) is 0 Å². The van der Waals surface area contributed by atoms with Crippen molar-refractivity contribution >= 4 is 0 Å². The van der Waals surface area contributed by atoms with Crippen LogP contribution in [0.1, 0.15) is 12.8 Å². The predicted molar refractivity (Wildman–Crippen MR) is 44.1 cm³/mol. The fourth-order valence-electron chi connectivity index (χ4n) is 3.61. The first-order chi connectivity index (χ1) is 5.38. The zero-order valence-electron chi connectivity index (χ0n) is 6.87. The van der Waals surface area contributed by atoms with Crippen molar-refractivity contribution in [3.8, 4) is 0 Å². The van der Waals surface area contributed by atoms with Gasteiger partial charge in [0.2, 0.25) is 0 Å². The Bertz CT molecular complexity index is 150. The molecule has 0 aromatic heterocycles. The van der Waals surface area contributed by atoms with Gasteiger partial charge in [-0.3, -0.25) is 4.90 Å². The first kappa shape index (κ1) is 6.44. The van der Waals surface area contributed by atoms with E-state index in [-0.39, 0.29) is 0 Å². The molecule has 1 saturated carbocycles. The van der Waals surface area contributed by atoms with Gasteiger partial charge in [-0.1, -0.05) is 0 Å². The van der Waals surface area contributed by atoms with Crippen LogP contribution in [0, 0.1) is 17.8 Å². The van der Waals surface area contributed by atoms with Crippen molar-refractivity contribution in [3.05, 3.63) is 0 Å². The Kier molecular flexibility index (Phi) is 1.16. The lowest BCUT2D eigenvalue weighted by atomic mass is 9.73. The highest BCUT2D eigenvalue weighted by Crippen LogP contribution is 2.48. The van der Waals surface area contributed by atoms with Crippen LogP contribution in [-0.4, -0.2) is 30.6 Å². The Hall–Kier alpha value is -0.0800. The molecule has 3 aliphatic heterocycles. The van der Waals surface area contributed by atoms with Gasteiger partial charge in [0.1, 0.15) is 0 Å². The van der Waals surface area contributed by atoms with Crippen LogP contribution in [0.25, 0.3) is 0 Å². The van der Waals surface area contributed by atoms with Gasteiger partial charge in [-0.25, -0.2) is 0 Å². The molecule has 62 valence electrons. The first-order valence-corrected chi connectivity index (χ1v) is 4.82. The molecule has 2 heteroatoms. The smallest absolute Gasteiger partial charge is 0.0102 e. The van der Waals surface area contributed by atoms with E-state index >= 15 is 0 Å². The summed E-state index contributed by atoms with van der Waals surface area (Å²) in [5.41, 5.74) is 5.78. The van der Waals surface area contributed by atoms with Crippen LogP contribution in [0.4, 0.5) is 0 Å². The molecular weight excluding hydrogens is 136 g/mol. The van der Waals surface area contributed by atoms with Crippen molar-refractivity contribution in [1.29, 1.82) is 0 Å². The minimum Gasteiger partial charge on any atom is -0.330 e. The summed E-state index contributed by atoms with van der Waals surface area (Å²) in [6.45, 7) is 3.67. The van der Waals surface area contributed by atoms with Crippen molar-refractivity contribution in [2.24, 2.45) is 23.5 Å². The van der Waals surface area contributed by atoms with Crippen molar-refractivity contribution in [1.82, 2.24) is 4.90 Å². The Morgan fingerprint density at radius 1 is 1.18 bits per heavy atom. The Balaban J connectivity index is 1.90. The molecule has 3 saturated heterocycles. The number of nitrogens with two attached hydrogens (primary N) is 1. The van der Waals surface area contributed by atoms with E-state index in [0.29, 0.717) is 0 Å². The highest BCUT2D eigenvalue weighted by molar-refractivity contribution is 5.04. The van der Waals surface area contributed by atoms with Crippen LogP contribution in [0.3, 0.4) is 0 Å². The minimum atomic E-state index is 0.880. The second-order valence-corrected chi connectivity index (χ2v) is 4.50. The van der Waals surface area contributed by atoms with Crippen LogP contribution < -0.4 is 5.73 Å². The molecule has 0 aromatic rings. The number of hydrogen-bond donors (Lipinski definition) is 1. The van der Waals surface area contributed by atoms with E-state index in [9.17, 15) is 0 Å². The average Bonchev–Trinajstić information content (AvgIpc) is 2.43. The molecule has 2 N–H and O–H groups in total. The maximum absolute atomic E-state index is 5.78. The van der Waals surface area contributed by atoms with Crippen LogP contribution in [0.15, 0.2) is 0 Å². The molecule has 1 aliphatic carbocycles. The molecule has 0 radical (unpaired) electrons. The van der Waals surface area contributed by atoms with Crippen molar-refractivity contribution in [2.45, 2.75) is 18.9 Å². The Labute approximate surface area is 67.7 Å².